The lowest BCUT2D eigenvalue weighted by Crippen LogP contribution is -2.24. The molecule has 0 unspecified atom stereocenters. The van der Waals surface area contributed by atoms with Crippen molar-refractivity contribution in [1.29, 1.82) is 0 Å². The van der Waals surface area contributed by atoms with Crippen LogP contribution in [0.4, 0.5) is 0 Å². The van der Waals surface area contributed by atoms with Crippen molar-refractivity contribution in [3.63, 3.8) is 0 Å². The van der Waals surface area contributed by atoms with Crippen LogP contribution in [0.15, 0.2) is 36.5 Å². The molecule has 2 N–H and O–H groups in total. The largest absolute Gasteiger partial charge is 0.476 e. The number of hydrogen-bond acceptors (Lipinski definition) is 4. The van der Waals surface area contributed by atoms with Crippen molar-refractivity contribution in [1.82, 2.24) is 15.1 Å². The number of carboxylic acids is 1. The summed E-state index contributed by atoms with van der Waals surface area (Å²) in [6.07, 6.45) is 5.12. The maximum atomic E-state index is 12.1. The minimum absolute atomic E-state index is 0.00295. The standard InChI is InChI=1S/C19H23N3O4/c23-18(5-4-14-7-10-26-11-8-14)20-13-15-2-1-3-16(12-15)22-9-6-17(21-22)19(24)25/h1-3,6,9,12,14H,4-5,7-8,10-11,13H2,(H,20,23)(H,24,25). The highest BCUT2D eigenvalue weighted by atomic mass is 16.5. The Balaban J connectivity index is 1.51. The molecule has 1 aliphatic heterocycles. The summed E-state index contributed by atoms with van der Waals surface area (Å²) in [5.41, 5.74) is 1.69. The number of nitrogens with zero attached hydrogens (tertiary/aromatic N) is 2. The van der Waals surface area contributed by atoms with E-state index in [0.29, 0.717) is 18.9 Å². The van der Waals surface area contributed by atoms with Gasteiger partial charge in [-0.25, -0.2) is 9.48 Å². The Morgan fingerprint density at radius 3 is 2.81 bits per heavy atom. The number of carbonyl (C=O) groups excluding carboxylic acids is 1. The van der Waals surface area contributed by atoms with E-state index in [0.717, 1.165) is 43.7 Å². The highest BCUT2D eigenvalue weighted by Gasteiger charge is 2.15. The molecule has 3 rings (SSSR count). The molecule has 1 amide bonds. The lowest BCUT2D eigenvalue weighted by molar-refractivity contribution is -0.121. The molecule has 1 saturated heterocycles. The zero-order chi connectivity index (χ0) is 18.4. The van der Waals surface area contributed by atoms with E-state index < -0.39 is 5.97 Å². The second-order valence-corrected chi connectivity index (χ2v) is 6.49. The van der Waals surface area contributed by atoms with Crippen LogP contribution in [-0.4, -0.2) is 40.0 Å². The smallest absolute Gasteiger partial charge is 0.356 e. The predicted octanol–water partition coefficient (Wildman–Crippen LogP) is 2.39. The summed E-state index contributed by atoms with van der Waals surface area (Å²) >= 11 is 0. The second kappa shape index (κ2) is 8.62. The molecule has 0 spiro atoms. The van der Waals surface area contributed by atoms with Gasteiger partial charge in [0.2, 0.25) is 5.91 Å². The Morgan fingerprint density at radius 1 is 1.27 bits per heavy atom. The predicted molar refractivity (Wildman–Crippen MR) is 95.1 cm³/mol. The zero-order valence-corrected chi connectivity index (χ0v) is 14.6. The van der Waals surface area contributed by atoms with Gasteiger partial charge in [0.25, 0.3) is 0 Å². The summed E-state index contributed by atoms with van der Waals surface area (Å²) in [4.78, 5) is 23.0. The van der Waals surface area contributed by atoms with E-state index in [9.17, 15) is 9.59 Å². The summed E-state index contributed by atoms with van der Waals surface area (Å²) < 4.78 is 6.85. The first-order valence-electron chi connectivity index (χ1n) is 8.84. The SMILES string of the molecule is O=C(CCC1CCOCC1)NCc1cccc(-n2ccc(C(=O)O)n2)c1. The van der Waals surface area contributed by atoms with Crippen molar-refractivity contribution in [2.45, 2.75) is 32.2 Å². The van der Waals surface area contributed by atoms with Crippen LogP contribution in [0.25, 0.3) is 5.69 Å². The van der Waals surface area contributed by atoms with E-state index in [1.54, 1.807) is 6.20 Å². The highest BCUT2D eigenvalue weighted by molar-refractivity contribution is 5.85. The molecule has 7 nitrogen and oxygen atoms in total. The van der Waals surface area contributed by atoms with Crippen LogP contribution in [0, 0.1) is 5.92 Å². The number of nitrogens with one attached hydrogen (secondary N) is 1. The number of benzene rings is 1. The molecule has 7 heteroatoms. The average molecular weight is 357 g/mol. The maximum Gasteiger partial charge on any atom is 0.356 e. The van der Waals surface area contributed by atoms with Crippen molar-refractivity contribution in [3.05, 3.63) is 47.8 Å². The molecule has 1 aromatic heterocycles. The number of aromatic carboxylic acids is 1. The first kappa shape index (κ1) is 18.1. The summed E-state index contributed by atoms with van der Waals surface area (Å²) in [6.45, 7) is 2.04. The minimum atomic E-state index is -1.06. The first-order chi connectivity index (χ1) is 12.6. The molecular weight excluding hydrogens is 334 g/mol. The summed E-state index contributed by atoms with van der Waals surface area (Å²) in [5, 5.41) is 15.9. The number of carbonyl (C=O) groups is 2. The van der Waals surface area contributed by atoms with Gasteiger partial charge in [0.1, 0.15) is 0 Å². The molecule has 0 bridgehead atoms. The van der Waals surface area contributed by atoms with Crippen LogP contribution in [0.1, 0.15) is 41.7 Å². The van der Waals surface area contributed by atoms with Crippen LogP contribution >= 0.6 is 0 Å². The van der Waals surface area contributed by atoms with Crippen LogP contribution in [0.3, 0.4) is 0 Å². The molecule has 1 fully saturated rings. The summed E-state index contributed by atoms with van der Waals surface area (Å²) in [6, 6.07) is 8.96. The van der Waals surface area contributed by atoms with Gasteiger partial charge in [-0.1, -0.05) is 12.1 Å². The molecule has 0 saturated carbocycles. The second-order valence-electron chi connectivity index (χ2n) is 6.49. The molecule has 138 valence electrons. The zero-order valence-electron chi connectivity index (χ0n) is 14.6. The van der Waals surface area contributed by atoms with Crippen LogP contribution in [0.2, 0.25) is 0 Å². The van der Waals surface area contributed by atoms with Gasteiger partial charge in [-0.05, 0) is 48.9 Å². The van der Waals surface area contributed by atoms with E-state index in [2.05, 4.69) is 10.4 Å². The summed E-state index contributed by atoms with van der Waals surface area (Å²) in [5.74, 6) is -0.424. The molecule has 1 aromatic carbocycles. The Hall–Kier alpha value is -2.67. The van der Waals surface area contributed by atoms with Crippen LogP contribution in [0.5, 0.6) is 0 Å². The Bertz CT molecular complexity index is 766. The van der Waals surface area contributed by atoms with E-state index in [1.807, 2.05) is 24.3 Å². The van der Waals surface area contributed by atoms with Gasteiger partial charge in [0.05, 0.1) is 5.69 Å². The van der Waals surface area contributed by atoms with Gasteiger partial charge in [0, 0.05) is 32.4 Å². The van der Waals surface area contributed by atoms with Gasteiger partial charge in [-0.3, -0.25) is 4.79 Å². The molecule has 2 aromatic rings. The van der Waals surface area contributed by atoms with Gasteiger partial charge < -0.3 is 15.2 Å². The number of hydrogen-bond donors (Lipinski definition) is 2. The Kier molecular flexibility index (Phi) is 6.01. The van der Waals surface area contributed by atoms with Gasteiger partial charge in [-0.2, -0.15) is 5.10 Å². The summed E-state index contributed by atoms with van der Waals surface area (Å²) in [7, 11) is 0. The number of carboxylic acid groups (broad SMARTS) is 1. The molecular formula is C19H23N3O4. The molecule has 0 atom stereocenters. The number of amides is 1. The average Bonchev–Trinajstić information content (AvgIpc) is 3.16. The molecule has 1 aliphatic rings. The van der Waals surface area contributed by atoms with E-state index in [1.165, 1.54) is 10.7 Å². The van der Waals surface area contributed by atoms with Crippen molar-refractivity contribution >= 4 is 11.9 Å². The monoisotopic (exact) mass is 357 g/mol. The van der Waals surface area contributed by atoms with Crippen molar-refractivity contribution in [2.24, 2.45) is 5.92 Å². The fourth-order valence-electron chi connectivity index (χ4n) is 3.05. The molecule has 0 radical (unpaired) electrons. The molecule has 26 heavy (non-hydrogen) atoms. The number of ether oxygens (including phenoxy) is 1. The molecule has 0 aliphatic carbocycles. The minimum Gasteiger partial charge on any atom is -0.476 e. The fourth-order valence-corrected chi connectivity index (χ4v) is 3.05. The molecule has 2 heterocycles. The lowest BCUT2D eigenvalue weighted by atomic mass is 9.95. The first-order valence-corrected chi connectivity index (χ1v) is 8.84. The fraction of sp³-hybridized carbons (Fsp3) is 0.421. The third kappa shape index (κ3) is 4.92. The van der Waals surface area contributed by atoms with E-state index >= 15 is 0 Å². The van der Waals surface area contributed by atoms with E-state index in [4.69, 9.17) is 9.84 Å². The van der Waals surface area contributed by atoms with E-state index in [-0.39, 0.29) is 11.6 Å². The topological polar surface area (TPSA) is 93.5 Å². The van der Waals surface area contributed by atoms with Crippen LogP contribution in [-0.2, 0) is 16.1 Å². The normalized spacial score (nSPS) is 14.9. The van der Waals surface area contributed by atoms with Crippen molar-refractivity contribution in [3.8, 4) is 5.69 Å². The number of rotatable bonds is 7. The van der Waals surface area contributed by atoms with Crippen molar-refractivity contribution < 1.29 is 19.4 Å². The van der Waals surface area contributed by atoms with Gasteiger partial charge in [0.15, 0.2) is 5.69 Å². The Labute approximate surface area is 152 Å². The quantitative estimate of drug-likeness (QED) is 0.794. The van der Waals surface area contributed by atoms with Crippen LogP contribution < -0.4 is 5.32 Å². The third-order valence-corrected chi connectivity index (χ3v) is 4.59. The lowest BCUT2D eigenvalue weighted by Gasteiger charge is -2.21. The van der Waals surface area contributed by atoms with Crippen molar-refractivity contribution in [2.75, 3.05) is 13.2 Å². The highest BCUT2D eigenvalue weighted by Crippen LogP contribution is 2.19. The maximum absolute atomic E-state index is 12.1. The van der Waals surface area contributed by atoms with Gasteiger partial charge >= 0.3 is 5.97 Å². The number of aromatic nitrogens is 2. The van der Waals surface area contributed by atoms with Gasteiger partial charge in [-0.15, -0.1) is 0 Å². The Morgan fingerprint density at radius 2 is 2.08 bits per heavy atom. The third-order valence-electron chi connectivity index (χ3n) is 4.59.